The van der Waals surface area contributed by atoms with Gasteiger partial charge >= 0.3 is 0 Å². The molecule has 3 heterocycles. The number of hydrogen-bond acceptors (Lipinski definition) is 4. The van der Waals surface area contributed by atoms with E-state index in [2.05, 4.69) is 36.3 Å². The smallest absolute Gasteiger partial charge is 0.231 e. The summed E-state index contributed by atoms with van der Waals surface area (Å²) in [5.74, 6) is 1.76. The molecule has 114 valence electrons. The zero-order valence-corrected chi connectivity index (χ0v) is 12.8. The van der Waals surface area contributed by atoms with Crippen LogP contribution in [0.15, 0.2) is 18.2 Å². The molecule has 2 saturated heterocycles. The Balaban J connectivity index is 1.50. The minimum atomic E-state index is 0.348. The summed E-state index contributed by atoms with van der Waals surface area (Å²) >= 11 is 0. The van der Waals surface area contributed by atoms with Crippen LogP contribution in [0.2, 0.25) is 0 Å². The Morgan fingerprint density at radius 1 is 1.14 bits per heavy atom. The van der Waals surface area contributed by atoms with E-state index in [0.29, 0.717) is 18.9 Å². The van der Waals surface area contributed by atoms with Crippen molar-refractivity contribution in [3.05, 3.63) is 23.8 Å². The van der Waals surface area contributed by atoms with Gasteiger partial charge in [-0.3, -0.25) is 4.90 Å². The van der Waals surface area contributed by atoms with Gasteiger partial charge in [-0.05, 0) is 57.4 Å². The van der Waals surface area contributed by atoms with Gasteiger partial charge < -0.3 is 14.8 Å². The molecule has 3 unspecified atom stereocenters. The van der Waals surface area contributed by atoms with Gasteiger partial charge in [0.2, 0.25) is 6.79 Å². The first-order valence-corrected chi connectivity index (χ1v) is 8.08. The van der Waals surface area contributed by atoms with Crippen molar-refractivity contribution in [2.24, 2.45) is 0 Å². The second-order valence-corrected chi connectivity index (χ2v) is 6.72. The van der Waals surface area contributed by atoms with E-state index < -0.39 is 0 Å². The van der Waals surface area contributed by atoms with Gasteiger partial charge in [-0.2, -0.15) is 0 Å². The average molecular weight is 288 g/mol. The number of piperidine rings is 1. The van der Waals surface area contributed by atoms with Gasteiger partial charge in [0.25, 0.3) is 0 Å². The summed E-state index contributed by atoms with van der Waals surface area (Å²) in [4.78, 5) is 2.55. The molecule has 0 spiro atoms. The lowest BCUT2D eigenvalue weighted by Crippen LogP contribution is -2.47. The van der Waals surface area contributed by atoms with Crippen LogP contribution in [0.25, 0.3) is 0 Å². The summed E-state index contributed by atoms with van der Waals surface area (Å²) in [7, 11) is 2.27. The Kier molecular flexibility index (Phi) is 3.31. The zero-order valence-electron chi connectivity index (χ0n) is 12.8. The van der Waals surface area contributed by atoms with Crippen LogP contribution in [0.3, 0.4) is 0 Å². The number of hydrogen-bond donors (Lipinski definition) is 1. The minimum Gasteiger partial charge on any atom is -0.454 e. The Morgan fingerprint density at radius 3 is 2.62 bits per heavy atom. The van der Waals surface area contributed by atoms with Crippen molar-refractivity contribution in [2.75, 3.05) is 13.8 Å². The molecule has 0 aliphatic carbocycles. The molecule has 1 aromatic carbocycles. The molecule has 0 radical (unpaired) electrons. The van der Waals surface area contributed by atoms with E-state index in [-0.39, 0.29) is 0 Å². The maximum absolute atomic E-state index is 5.51. The van der Waals surface area contributed by atoms with Crippen molar-refractivity contribution < 1.29 is 9.47 Å². The first-order chi connectivity index (χ1) is 10.2. The van der Waals surface area contributed by atoms with Crippen molar-refractivity contribution in [3.8, 4) is 11.5 Å². The third kappa shape index (κ3) is 2.40. The van der Waals surface area contributed by atoms with E-state index in [0.717, 1.165) is 23.6 Å². The van der Waals surface area contributed by atoms with Crippen molar-refractivity contribution >= 4 is 0 Å². The summed E-state index contributed by atoms with van der Waals surface area (Å²) < 4.78 is 10.9. The van der Waals surface area contributed by atoms with Crippen LogP contribution in [0, 0.1) is 0 Å². The van der Waals surface area contributed by atoms with Crippen molar-refractivity contribution in [3.63, 3.8) is 0 Å². The number of nitrogens with one attached hydrogen (secondary N) is 1. The molecule has 4 heteroatoms. The van der Waals surface area contributed by atoms with Gasteiger partial charge in [-0.1, -0.05) is 6.07 Å². The average Bonchev–Trinajstić information content (AvgIpc) is 3.11. The first kappa shape index (κ1) is 13.4. The Bertz CT molecular complexity index is 522. The number of rotatable bonds is 3. The van der Waals surface area contributed by atoms with Gasteiger partial charge in [-0.25, -0.2) is 0 Å². The van der Waals surface area contributed by atoms with Crippen LogP contribution in [-0.2, 0) is 0 Å². The topological polar surface area (TPSA) is 33.7 Å². The highest BCUT2D eigenvalue weighted by Crippen LogP contribution is 2.37. The summed E-state index contributed by atoms with van der Waals surface area (Å²) in [6.07, 6.45) is 5.27. The zero-order chi connectivity index (χ0) is 14.4. The number of fused-ring (bicyclic) bond motifs is 3. The fraction of sp³-hybridized carbons (Fsp3) is 0.647. The molecule has 0 aromatic heterocycles. The van der Waals surface area contributed by atoms with Crippen LogP contribution >= 0.6 is 0 Å². The standard InChI is InChI=1S/C17H24N2O2/c1-11(12-3-6-16-17(7-12)21-10-20-16)19(2)15-8-13-4-5-14(9-15)18-13/h3,6-7,11,13-15,18H,4-5,8-10H2,1-2H3. The molecule has 0 amide bonds. The van der Waals surface area contributed by atoms with Crippen molar-refractivity contribution in [2.45, 2.75) is 56.8 Å². The highest BCUT2D eigenvalue weighted by atomic mass is 16.7. The largest absolute Gasteiger partial charge is 0.454 e. The normalized spacial score (nSPS) is 31.7. The van der Waals surface area contributed by atoms with Gasteiger partial charge in [0.15, 0.2) is 11.5 Å². The molecule has 1 N–H and O–H groups in total. The molecule has 3 aliphatic heterocycles. The molecule has 4 rings (SSSR count). The quantitative estimate of drug-likeness (QED) is 0.927. The molecule has 21 heavy (non-hydrogen) atoms. The molecule has 0 saturated carbocycles. The van der Waals surface area contributed by atoms with Crippen molar-refractivity contribution in [1.29, 1.82) is 0 Å². The molecule has 3 atom stereocenters. The molecular formula is C17H24N2O2. The van der Waals surface area contributed by atoms with Crippen molar-refractivity contribution in [1.82, 2.24) is 10.2 Å². The van der Waals surface area contributed by atoms with Gasteiger partial charge in [0, 0.05) is 24.2 Å². The van der Waals surface area contributed by atoms with Crippen LogP contribution in [-0.4, -0.2) is 36.9 Å². The van der Waals surface area contributed by atoms with E-state index in [1.807, 2.05) is 6.07 Å². The lowest BCUT2D eigenvalue weighted by Gasteiger charge is -2.39. The Hall–Kier alpha value is -1.26. The fourth-order valence-corrected chi connectivity index (χ4v) is 4.08. The number of benzene rings is 1. The third-order valence-electron chi connectivity index (χ3n) is 5.51. The summed E-state index contributed by atoms with van der Waals surface area (Å²) in [6.45, 7) is 2.64. The predicted molar refractivity (Wildman–Crippen MR) is 81.7 cm³/mol. The van der Waals surface area contributed by atoms with Gasteiger partial charge in [-0.15, -0.1) is 0 Å². The molecule has 1 aromatic rings. The maximum atomic E-state index is 5.51. The number of nitrogens with zero attached hydrogens (tertiary/aromatic N) is 1. The van der Waals surface area contributed by atoms with Crippen LogP contribution in [0.4, 0.5) is 0 Å². The van der Waals surface area contributed by atoms with Crippen LogP contribution < -0.4 is 14.8 Å². The van der Waals surface area contributed by atoms with Crippen LogP contribution in [0.5, 0.6) is 11.5 Å². The molecule has 3 aliphatic rings. The maximum Gasteiger partial charge on any atom is 0.231 e. The monoisotopic (exact) mass is 288 g/mol. The Morgan fingerprint density at radius 2 is 1.86 bits per heavy atom. The molecule has 2 fully saturated rings. The molecule has 4 nitrogen and oxygen atoms in total. The first-order valence-electron chi connectivity index (χ1n) is 8.08. The van der Waals surface area contributed by atoms with Crippen LogP contribution in [0.1, 0.15) is 44.2 Å². The minimum absolute atomic E-state index is 0.348. The summed E-state index contributed by atoms with van der Waals surface area (Å²) in [6, 6.07) is 8.91. The second-order valence-electron chi connectivity index (χ2n) is 6.72. The number of ether oxygens (including phenoxy) is 2. The van der Waals surface area contributed by atoms with E-state index in [4.69, 9.17) is 9.47 Å². The Labute approximate surface area is 126 Å². The lowest BCUT2D eigenvalue weighted by atomic mass is 9.95. The fourth-order valence-electron chi connectivity index (χ4n) is 4.08. The van der Waals surface area contributed by atoms with Gasteiger partial charge in [0.05, 0.1) is 0 Å². The molecular weight excluding hydrogens is 264 g/mol. The molecule has 2 bridgehead atoms. The third-order valence-corrected chi connectivity index (χ3v) is 5.51. The summed E-state index contributed by atoms with van der Waals surface area (Å²) in [5.41, 5.74) is 1.31. The highest BCUT2D eigenvalue weighted by Gasteiger charge is 2.36. The second kappa shape index (κ2) is 5.18. The predicted octanol–water partition coefficient (Wildman–Crippen LogP) is 2.69. The highest BCUT2D eigenvalue weighted by molar-refractivity contribution is 5.45. The van der Waals surface area contributed by atoms with E-state index in [9.17, 15) is 0 Å². The van der Waals surface area contributed by atoms with E-state index in [1.165, 1.54) is 31.2 Å². The lowest BCUT2D eigenvalue weighted by molar-refractivity contribution is 0.132. The van der Waals surface area contributed by atoms with Gasteiger partial charge in [0.1, 0.15) is 0 Å². The SMILES string of the molecule is CC(c1ccc2c(c1)OCO2)N(C)C1CC2CCC(C1)N2. The van der Waals surface area contributed by atoms with E-state index >= 15 is 0 Å². The summed E-state index contributed by atoms with van der Waals surface area (Å²) in [5, 5.41) is 3.72. The van der Waals surface area contributed by atoms with E-state index in [1.54, 1.807) is 0 Å².